The van der Waals surface area contributed by atoms with Gasteiger partial charge in [-0.2, -0.15) is 0 Å². The minimum atomic E-state index is -0.586. The maximum Gasteiger partial charge on any atom is 0.312 e. The molecule has 18 heavy (non-hydrogen) atoms. The molecule has 0 aliphatic carbocycles. The van der Waals surface area contributed by atoms with Gasteiger partial charge in [-0.05, 0) is 17.7 Å². The van der Waals surface area contributed by atoms with E-state index in [4.69, 9.17) is 17.3 Å². The van der Waals surface area contributed by atoms with Gasteiger partial charge in [-0.3, -0.25) is 4.79 Å². The van der Waals surface area contributed by atoms with Crippen molar-refractivity contribution in [2.45, 2.75) is 6.54 Å². The molecule has 3 amide bonds. The first-order valence-electron chi connectivity index (χ1n) is 5.23. The minimum Gasteiger partial charge on any atom is -0.352 e. The average Bonchev–Trinajstić information content (AvgIpc) is 2.34. The number of benzene rings is 1. The third-order valence-corrected chi connectivity index (χ3v) is 2.26. The van der Waals surface area contributed by atoms with Crippen LogP contribution in [-0.2, 0) is 6.54 Å². The standard InChI is InChI=1S/C12H14ClN3O2/c1-8(13)6-15-11(17)10-4-2-9(3-5-10)7-16-12(14)18/h2-5H,1,6-7H2,(H,15,17)(H3,14,16,18). The number of carbonyl (C=O) groups excluding carboxylic acids is 2. The molecule has 1 rings (SSSR count). The average molecular weight is 268 g/mol. The van der Waals surface area contributed by atoms with Crippen LogP contribution in [0.4, 0.5) is 4.79 Å². The topological polar surface area (TPSA) is 84.2 Å². The first-order valence-corrected chi connectivity index (χ1v) is 5.60. The van der Waals surface area contributed by atoms with Crippen molar-refractivity contribution in [2.24, 2.45) is 5.73 Å². The van der Waals surface area contributed by atoms with Gasteiger partial charge in [0.15, 0.2) is 0 Å². The van der Waals surface area contributed by atoms with Gasteiger partial charge in [-0.1, -0.05) is 30.3 Å². The molecule has 0 unspecified atom stereocenters. The van der Waals surface area contributed by atoms with E-state index in [9.17, 15) is 9.59 Å². The SMILES string of the molecule is C=C(Cl)CNC(=O)c1ccc(CNC(N)=O)cc1. The molecule has 5 nitrogen and oxygen atoms in total. The predicted octanol–water partition coefficient (Wildman–Crippen LogP) is 1.34. The number of halogens is 1. The van der Waals surface area contributed by atoms with E-state index >= 15 is 0 Å². The van der Waals surface area contributed by atoms with Crippen LogP contribution in [0.15, 0.2) is 35.9 Å². The lowest BCUT2D eigenvalue weighted by molar-refractivity contribution is 0.0957. The number of hydrogen-bond acceptors (Lipinski definition) is 2. The molecule has 1 aromatic carbocycles. The van der Waals surface area contributed by atoms with E-state index in [1.165, 1.54) is 0 Å². The van der Waals surface area contributed by atoms with Gasteiger partial charge in [-0.25, -0.2) is 4.79 Å². The second kappa shape index (κ2) is 6.66. The lowest BCUT2D eigenvalue weighted by Crippen LogP contribution is -2.28. The zero-order valence-corrected chi connectivity index (χ0v) is 10.5. The molecule has 0 aliphatic rings. The Morgan fingerprint density at radius 1 is 1.22 bits per heavy atom. The number of rotatable bonds is 5. The van der Waals surface area contributed by atoms with Crippen molar-refractivity contribution < 1.29 is 9.59 Å². The second-order valence-corrected chi connectivity index (χ2v) is 4.15. The molecule has 0 aliphatic heterocycles. The number of primary amides is 1. The van der Waals surface area contributed by atoms with Gasteiger partial charge in [0.05, 0.1) is 6.54 Å². The molecule has 0 aromatic heterocycles. The zero-order chi connectivity index (χ0) is 13.5. The van der Waals surface area contributed by atoms with Gasteiger partial charge in [0.2, 0.25) is 0 Å². The van der Waals surface area contributed by atoms with Crippen molar-refractivity contribution in [1.82, 2.24) is 10.6 Å². The molecule has 0 radical (unpaired) electrons. The highest BCUT2D eigenvalue weighted by Crippen LogP contribution is 2.04. The Morgan fingerprint density at radius 3 is 2.33 bits per heavy atom. The van der Waals surface area contributed by atoms with Gasteiger partial charge in [0, 0.05) is 17.1 Å². The lowest BCUT2D eigenvalue weighted by Gasteiger charge is -2.05. The number of hydrogen-bond donors (Lipinski definition) is 3. The number of urea groups is 1. The number of nitrogens with one attached hydrogen (secondary N) is 2. The molecule has 1 aromatic rings. The molecule has 0 bridgehead atoms. The van der Waals surface area contributed by atoms with Gasteiger partial charge in [0.25, 0.3) is 5.91 Å². The molecule has 6 heteroatoms. The molecule has 0 atom stereocenters. The monoisotopic (exact) mass is 267 g/mol. The van der Waals surface area contributed by atoms with E-state index in [0.717, 1.165) is 5.56 Å². The number of amides is 3. The summed E-state index contributed by atoms with van der Waals surface area (Å²) in [5, 5.41) is 5.43. The maximum atomic E-state index is 11.6. The normalized spacial score (nSPS) is 9.61. The van der Waals surface area contributed by atoms with Gasteiger partial charge < -0.3 is 16.4 Å². The van der Waals surface area contributed by atoms with Crippen molar-refractivity contribution in [1.29, 1.82) is 0 Å². The molecular weight excluding hydrogens is 254 g/mol. The van der Waals surface area contributed by atoms with E-state index in [1.54, 1.807) is 24.3 Å². The Labute approximate surface area is 110 Å². The van der Waals surface area contributed by atoms with Crippen LogP contribution in [0.25, 0.3) is 0 Å². The van der Waals surface area contributed by atoms with Crippen molar-refractivity contribution in [3.63, 3.8) is 0 Å². The Balaban J connectivity index is 2.56. The summed E-state index contributed by atoms with van der Waals surface area (Å²) in [4.78, 5) is 22.1. The Bertz CT molecular complexity index is 457. The van der Waals surface area contributed by atoms with Crippen LogP contribution in [0.1, 0.15) is 15.9 Å². The fourth-order valence-corrected chi connectivity index (χ4v) is 1.31. The van der Waals surface area contributed by atoms with Crippen LogP contribution in [0.3, 0.4) is 0 Å². The Morgan fingerprint density at radius 2 is 1.83 bits per heavy atom. The first-order chi connectivity index (χ1) is 8.49. The van der Waals surface area contributed by atoms with Gasteiger partial charge in [-0.15, -0.1) is 0 Å². The summed E-state index contributed by atoms with van der Waals surface area (Å²) in [5.41, 5.74) is 6.32. The molecule has 0 spiro atoms. The van der Waals surface area contributed by atoms with Crippen LogP contribution < -0.4 is 16.4 Å². The fraction of sp³-hybridized carbons (Fsp3) is 0.167. The van der Waals surface area contributed by atoms with Crippen molar-refractivity contribution in [2.75, 3.05) is 6.54 Å². The highest BCUT2D eigenvalue weighted by molar-refractivity contribution is 6.29. The van der Waals surface area contributed by atoms with Crippen molar-refractivity contribution in [3.05, 3.63) is 47.0 Å². The summed E-state index contributed by atoms with van der Waals surface area (Å²) in [6, 6.07) is 6.20. The fourth-order valence-electron chi connectivity index (χ4n) is 1.24. The highest BCUT2D eigenvalue weighted by atomic mass is 35.5. The van der Waals surface area contributed by atoms with E-state index in [-0.39, 0.29) is 12.5 Å². The quantitative estimate of drug-likeness (QED) is 0.752. The molecule has 0 saturated heterocycles. The molecule has 0 fully saturated rings. The van der Waals surface area contributed by atoms with Crippen LogP contribution in [-0.4, -0.2) is 18.5 Å². The van der Waals surface area contributed by atoms with E-state index < -0.39 is 6.03 Å². The summed E-state index contributed by atoms with van der Waals surface area (Å²) in [7, 11) is 0. The van der Waals surface area contributed by atoms with Crippen LogP contribution in [0.2, 0.25) is 0 Å². The summed E-state index contributed by atoms with van der Waals surface area (Å²) in [6.07, 6.45) is 0. The molecule has 96 valence electrons. The molecule has 0 saturated carbocycles. The predicted molar refractivity (Wildman–Crippen MR) is 70.2 cm³/mol. The lowest BCUT2D eigenvalue weighted by atomic mass is 10.1. The van der Waals surface area contributed by atoms with Crippen LogP contribution in [0.5, 0.6) is 0 Å². The Kier molecular flexibility index (Phi) is 5.20. The molecule has 0 heterocycles. The largest absolute Gasteiger partial charge is 0.352 e. The number of nitrogens with two attached hydrogens (primary N) is 1. The van der Waals surface area contributed by atoms with E-state index in [0.29, 0.717) is 17.1 Å². The third-order valence-electron chi connectivity index (χ3n) is 2.12. The summed E-state index contributed by atoms with van der Waals surface area (Å²) in [5.74, 6) is -0.230. The van der Waals surface area contributed by atoms with E-state index in [2.05, 4.69) is 17.2 Å². The summed E-state index contributed by atoms with van der Waals surface area (Å²) in [6.45, 7) is 4.03. The zero-order valence-electron chi connectivity index (χ0n) is 9.70. The first kappa shape index (κ1) is 14.1. The summed E-state index contributed by atoms with van der Waals surface area (Å²) < 4.78 is 0. The number of carbonyl (C=O) groups is 2. The maximum absolute atomic E-state index is 11.6. The summed E-state index contributed by atoms with van der Waals surface area (Å²) >= 11 is 5.54. The van der Waals surface area contributed by atoms with Crippen molar-refractivity contribution >= 4 is 23.5 Å². The van der Waals surface area contributed by atoms with Gasteiger partial charge in [0.1, 0.15) is 0 Å². The Hall–Kier alpha value is -2.01. The molecular formula is C12H14ClN3O2. The van der Waals surface area contributed by atoms with Gasteiger partial charge >= 0.3 is 6.03 Å². The van der Waals surface area contributed by atoms with Crippen LogP contribution >= 0.6 is 11.6 Å². The minimum absolute atomic E-state index is 0.228. The highest BCUT2D eigenvalue weighted by Gasteiger charge is 2.05. The molecule has 4 N–H and O–H groups in total. The van der Waals surface area contributed by atoms with E-state index in [1.807, 2.05) is 0 Å². The third kappa shape index (κ3) is 4.88. The van der Waals surface area contributed by atoms with Crippen LogP contribution in [0, 0.1) is 0 Å². The van der Waals surface area contributed by atoms with Crippen molar-refractivity contribution in [3.8, 4) is 0 Å². The smallest absolute Gasteiger partial charge is 0.312 e. The second-order valence-electron chi connectivity index (χ2n) is 3.61.